The molecule has 7 nitrogen and oxygen atoms in total. The SMILES string of the molecule is CCOC(=O)COc1ccc(/C=C2\N=C(c3ccc4ccccc4c3)OC2=O)cc1OCC. The molecule has 0 bridgehead atoms. The lowest BCUT2D eigenvalue weighted by Crippen LogP contribution is -2.15. The quantitative estimate of drug-likeness (QED) is 0.374. The first-order valence-corrected chi connectivity index (χ1v) is 10.6. The summed E-state index contributed by atoms with van der Waals surface area (Å²) in [5.41, 5.74) is 1.58. The van der Waals surface area contributed by atoms with E-state index in [0.29, 0.717) is 23.7 Å². The minimum Gasteiger partial charge on any atom is -0.490 e. The molecule has 168 valence electrons. The monoisotopic (exact) mass is 445 g/mol. The molecule has 0 fully saturated rings. The molecular formula is C26H23NO6. The summed E-state index contributed by atoms with van der Waals surface area (Å²) in [7, 11) is 0. The first-order valence-electron chi connectivity index (χ1n) is 10.6. The zero-order chi connectivity index (χ0) is 23.2. The predicted molar refractivity (Wildman–Crippen MR) is 124 cm³/mol. The van der Waals surface area contributed by atoms with Crippen LogP contribution >= 0.6 is 0 Å². The fourth-order valence-electron chi connectivity index (χ4n) is 3.35. The van der Waals surface area contributed by atoms with Gasteiger partial charge in [-0.1, -0.05) is 36.4 Å². The maximum atomic E-state index is 12.4. The van der Waals surface area contributed by atoms with E-state index in [1.54, 1.807) is 31.2 Å². The fraction of sp³-hybridized carbons (Fsp3) is 0.192. The third kappa shape index (κ3) is 5.20. The van der Waals surface area contributed by atoms with Crippen molar-refractivity contribution in [1.82, 2.24) is 0 Å². The Kier molecular flexibility index (Phi) is 6.69. The van der Waals surface area contributed by atoms with Gasteiger partial charge in [0.2, 0.25) is 5.90 Å². The maximum Gasteiger partial charge on any atom is 0.363 e. The third-order valence-electron chi connectivity index (χ3n) is 4.84. The van der Waals surface area contributed by atoms with Crippen LogP contribution in [0, 0.1) is 0 Å². The first kappa shape index (κ1) is 22.1. The lowest BCUT2D eigenvalue weighted by atomic mass is 10.1. The molecule has 7 heteroatoms. The van der Waals surface area contributed by atoms with Crippen molar-refractivity contribution in [1.29, 1.82) is 0 Å². The normalized spacial score (nSPS) is 14.2. The maximum absolute atomic E-state index is 12.4. The summed E-state index contributed by atoms with van der Waals surface area (Å²) in [5, 5.41) is 2.13. The van der Waals surface area contributed by atoms with Gasteiger partial charge in [0.15, 0.2) is 23.8 Å². The summed E-state index contributed by atoms with van der Waals surface area (Å²) in [5.74, 6) is 0.119. The Labute approximate surface area is 191 Å². The Balaban J connectivity index is 1.57. The Morgan fingerprint density at radius 3 is 2.55 bits per heavy atom. The van der Waals surface area contributed by atoms with Crippen molar-refractivity contribution >= 4 is 34.7 Å². The number of fused-ring (bicyclic) bond motifs is 1. The molecule has 0 aromatic heterocycles. The van der Waals surface area contributed by atoms with Crippen molar-refractivity contribution < 1.29 is 28.5 Å². The smallest absolute Gasteiger partial charge is 0.363 e. The number of carbonyl (C=O) groups is 2. The average molecular weight is 445 g/mol. The van der Waals surface area contributed by atoms with Gasteiger partial charge in [-0.25, -0.2) is 14.6 Å². The second-order valence-corrected chi connectivity index (χ2v) is 7.13. The van der Waals surface area contributed by atoms with Crippen LogP contribution in [0.3, 0.4) is 0 Å². The Morgan fingerprint density at radius 1 is 0.939 bits per heavy atom. The van der Waals surface area contributed by atoms with Gasteiger partial charge in [-0.15, -0.1) is 0 Å². The van der Waals surface area contributed by atoms with E-state index in [1.165, 1.54) is 0 Å². The van der Waals surface area contributed by atoms with Crippen LogP contribution in [0.15, 0.2) is 71.4 Å². The second-order valence-electron chi connectivity index (χ2n) is 7.13. The summed E-state index contributed by atoms with van der Waals surface area (Å²) in [4.78, 5) is 28.4. The number of rotatable bonds is 8. The molecule has 1 aliphatic rings. The topological polar surface area (TPSA) is 83.4 Å². The minimum absolute atomic E-state index is 0.181. The molecule has 4 rings (SSSR count). The summed E-state index contributed by atoms with van der Waals surface area (Å²) >= 11 is 0. The van der Waals surface area contributed by atoms with E-state index in [-0.39, 0.29) is 24.8 Å². The highest BCUT2D eigenvalue weighted by molar-refractivity contribution is 6.13. The number of benzene rings is 3. The van der Waals surface area contributed by atoms with Gasteiger partial charge in [-0.2, -0.15) is 0 Å². The molecule has 33 heavy (non-hydrogen) atoms. The highest BCUT2D eigenvalue weighted by atomic mass is 16.6. The zero-order valence-electron chi connectivity index (χ0n) is 18.4. The standard InChI is InChI=1S/C26H23NO6/c1-3-30-23-14-17(9-12-22(23)32-16-24(28)31-4-2)13-21-26(29)33-25(27-21)20-11-10-18-7-5-6-8-19(18)15-20/h5-15H,3-4,16H2,1-2H3/b21-13-. The van der Waals surface area contributed by atoms with Crippen molar-refractivity contribution in [3.63, 3.8) is 0 Å². The van der Waals surface area contributed by atoms with Crippen LogP contribution in [0.1, 0.15) is 25.0 Å². The highest BCUT2D eigenvalue weighted by Crippen LogP contribution is 2.30. The molecule has 0 N–H and O–H groups in total. The van der Waals surface area contributed by atoms with Gasteiger partial charge < -0.3 is 18.9 Å². The predicted octanol–water partition coefficient (Wildman–Crippen LogP) is 4.52. The Morgan fingerprint density at radius 2 is 1.76 bits per heavy atom. The van der Waals surface area contributed by atoms with Crippen molar-refractivity contribution in [3.05, 3.63) is 77.5 Å². The highest BCUT2D eigenvalue weighted by Gasteiger charge is 2.24. The van der Waals surface area contributed by atoms with Gasteiger partial charge in [0.05, 0.1) is 13.2 Å². The third-order valence-corrected chi connectivity index (χ3v) is 4.84. The minimum atomic E-state index is -0.529. The molecule has 3 aromatic carbocycles. The van der Waals surface area contributed by atoms with E-state index in [9.17, 15) is 9.59 Å². The van der Waals surface area contributed by atoms with Crippen molar-refractivity contribution in [2.75, 3.05) is 19.8 Å². The van der Waals surface area contributed by atoms with E-state index in [0.717, 1.165) is 16.3 Å². The largest absolute Gasteiger partial charge is 0.490 e. The molecule has 3 aromatic rings. The van der Waals surface area contributed by atoms with Gasteiger partial charge in [-0.05, 0) is 60.5 Å². The number of cyclic esters (lactones) is 1. The van der Waals surface area contributed by atoms with Crippen LogP contribution in [-0.2, 0) is 19.1 Å². The van der Waals surface area contributed by atoms with Gasteiger partial charge in [0.25, 0.3) is 0 Å². The zero-order valence-corrected chi connectivity index (χ0v) is 18.4. The summed E-state index contributed by atoms with van der Waals surface area (Å²) < 4.78 is 21.4. The first-order chi connectivity index (χ1) is 16.1. The molecule has 1 aliphatic heterocycles. The van der Waals surface area contributed by atoms with Gasteiger partial charge >= 0.3 is 11.9 Å². The fourth-order valence-corrected chi connectivity index (χ4v) is 3.35. The lowest BCUT2D eigenvalue weighted by Gasteiger charge is -2.12. The Hall–Kier alpha value is -4.13. The number of hydrogen-bond donors (Lipinski definition) is 0. The summed E-state index contributed by atoms with van der Waals surface area (Å²) in [6.45, 7) is 4.04. The van der Waals surface area contributed by atoms with Crippen molar-refractivity contribution in [2.24, 2.45) is 4.99 Å². The Bertz CT molecular complexity index is 1260. The van der Waals surface area contributed by atoms with Gasteiger partial charge in [0, 0.05) is 5.56 Å². The van der Waals surface area contributed by atoms with E-state index in [2.05, 4.69) is 4.99 Å². The van der Waals surface area contributed by atoms with Crippen molar-refractivity contribution in [2.45, 2.75) is 13.8 Å². The number of aliphatic imine (C=N–C) groups is 1. The van der Waals surface area contributed by atoms with Crippen LogP contribution in [0.2, 0.25) is 0 Å². The van der Waals surface area contributed by atoms with E-state index >= 15 is 0 Å². The van der Waals surface area contributed by atoms with Gasteiger partial charge in [0.1, 0.15) is 0 Å². The van der Waals surface area contributed by atoms with Gasteiger partial charge in [-0.3, -0.25) is 0 Å². The molecule has 0 amide bonds. The van der Waals surface area contributed by atoms with E-state index < -0.39 is 11.9 Å². The van der Waals surface area contributed by atoms with Crippen LogP contribution in [0.25, 0.3) is 16.8 Å². The average Bonchev–Trinajstić information content (AvgIpc) is 3.18. The van der Waals surface area contributed by atoms with E-state index in [4.69, 9.17) is 18.9 Å². The lowest BCUT2D eigenvalue weighted by molar-refractivity contribution is -0.145. The molecule has 0 unspecified atom stereocenters. The van der Waals surface area contributed by atoms with Crippen LogP contribution in [0.4, 0.5) is 0 Å². The number of hydrogen-bond acceptors (Lipinski definition) is 7. The van der Waals surface area contributed by atoms with Crippen LogP contribution in [0.5, 0.6) is 11.5 Å². The van der Waals surface area contributed by atoms with Crippen molar-refractivity contribution in [3.8, 4) is 11.5 Å². The molecule has 0 spiro atoms. The van der Waals surface area contributed by atoms with Crippen LogP contribution < -0.4 is 9.47 Å². The molecule has 0 radical (unpaired) electrons. The summed E-state index contributed by atoms with van der Waals surface area (Å²) in [6.07, 6.45) is 1.62. The molecule has 0 saturated heterocycles. The number of carbonyl (C=O) groups excluding carboxylic acids is 2. The molecular weight excluding hydrogens is 422 g/mol. The molecule has 0 aliphatic carbocycles. The molecule has 0 atom stereocenters. The molecule has 1 heterocycles. The number of esters is 2. The molecule has 0 saturated carbocycles. The number of ether oxygens (including phenoxy) is 4. The second kappa shape index (κ2) is 9.99. The summed E-state index contributed by atoms with van der Waals surface area (Å²) in [6, 6.07) is 18.8. The number of nitrogens with zero attached hydrogens (tertiary/aromatic N) is 1. The van der Waals surface area contributed by atoms with Crippen LogP contribution in [-0.4, -0.2) is 37.7 Å². The van der Waals surface area contributed by atoms with E-state index in [1.807, 2.05) is 49.4 Å².